The summed E-state index contributed by atoms with van der Waals surface area (Å²) >= 11 is 6.38. The van der Waals surface area contributed by atoms with Crippen molar-refractivity contribution >= 4 is 23.2 Å². The van der Waals surface area contributed by atoms with Crippen molar-refractivity contribution in [2.24, 2.45) is 11.1 Å². The molecule has 144 valence electrons. The Morgan fingerprint density at radius 3 is 2.78 bits per heavy atom. The number of rotatable bonds is 6. The molecule has 1 heterocycles. The zero-order valence-electron chi connectivity index (χ0n) is 15.3. The molecule has 2 aromatic rings. The topological polar surface area (TPSA) is 98.7 Å². The van der Waals surface area contributed by atoms with Crippen molar-refractivity contribution in [3.63, 3.8) is 0 Å². The average Bonchev–Trinajstić information content (AvgIpc) is 3.41. The van der Waals surface area contributed by atoms with Gasteiger partial charge in [-0.15, -0.1) is 5.10 Å². The molecular weight excluding hydrogens is 364 g/mol. The van der Waals surface area contributed by atoms with Crippen LogP contribution in [-0.4, -0.2) is 32.7 Å². The predicted molar refractivity (Wildman–Crippen MR) is 104 cm³/mol. The third-order valence-corrected chi connectivity index (χ3v) is 6.10. The Bertz CT molecular complexity index is 825. The van der Waals surface area contributed by atoms with Crippen molar-refractivity contribution in [2.45, 2.75) is 57.3 Å². The Balaban J connectivity index is 1.51. The lowest BCUT2D eigenvalue weighted by Gasteiger charge is -2.35. The summed E-state index contributed by atoms with van der Waals surface area (Å²) in [6, 6.07) is 5.41. The molecule has 0 unspecified atom stereocenters. The Hall–Kier alpha value is -1.99. The highest BCUT2D eigenvalue weighted by atomic mass is 35.5. The number of aromatic nitrogens is 4. The number of nitrogens with two attached hydrogens (primary N) is 1. The molecule has 4 rings (SSSR count). The molecule has 8 heteroatoms. The lowest BCUT2D eigenvalue weighted by Crippen LogP contribution is -2.36. The van der Waals surface area contributed by atoms with Gasteiger partial charge in [0.1, 0.15) is 0 Å². The van der Waals surface area contributed by atoms with Crippen LogP contribution < -0.4 is 11.1 Å². The third-order valence-electron chi connectivity index (χ3n) is 5.78. The lowest BCUT2D eigenvalue weighted by atomic mass is 9.71. The minimum atomic E-state index is -0.0629. The summed E-state index contributed by atoms with van der Waals surface area (Å²) in [7, 11) is 0. The fourth-order valence-electron chi connectivity index (χ4n) is 4.02. The Morgan fingerprint density at radius 2 is 2.07 bits per heavy atom. The average molecular weight is 389 g/mol. The molecule has 0 radical (unpaired) electrons. The van der Waals surface area contributed by atoms with Crippen molar-refractivity contribution in [1.29, 1.82) is 0 Å². The number of carbonyl (C=O) groups is 1. The monoisotopic (exact) mass is 388 g/mol. The highest BCUT2D eigenvalue weighted by molar-refractivity contribution is 6.32. The molecular formula is C19H25ClN6O. The van der Waals surface area contributed by atoms with Crippen molar-refractivity contribution in [2.75, 3.05) is 11.9 Å². The van der Waals surface area contributed by atoms with Gasteiger partial charge in [0.25, 0.3) is 0 Å². The van der Waals surface area contributed by atoms with Crippen LogP contribution in [0.1, 0.15) is 63.1 Å². The summed E-state index contributed by atoms with van der Waals surface area (Å²) in [5.74, 6) is 1.21. The molecule has 0 atom stereocenters. The van der Waals surface area contributed by atoms with E-state index in [2.05, 4.69) is 20.8 Å². The summed E-state index contributed by atoms with van der Waals surface area (Å²) in [5.41, 5.74) is 7.33. The van der Waals surface area contributed by atoms with Gasteiger partial charge in [-0.1, -0.05) is 30.9 Å². The Morgan fingerprint density at radius 1 is 1.30 bits per heavy atom. The fourth-order valence-corrected chi connectivity index (χ4v) is 4.21. The van der Waals surface area contributed by atoms with Crippen molar-refractivity contribution in [3.8, 4) is 5.69 Å². The van der Waals surface area contributed by atoms with Gasteiger partial charge in [-0.3, -0.25) is 4.79 Å². The Labute approximate surface area is 163 Å². The summed E-state index contributed by atoms with van der Waals surface area (Å²) in [4.78, 5) is 12.7. The maximum Gasteiger partial charge on any atom is 0.224 e. The van der Waals surface area contributed by atoms with Crippen LogP contribution in [0.5, 0.6) is 0 Å². The summed E-state index contributed by atoms with van der Waals surface area (Å²) in [6.45, 7) is 0.557. The molecule has 0 bridgehead atoms. The Kier molecular flexibility index (Phi) is 5.14. The second-order valence-electron chi connectivity index (χ2n) is 7.88. The molecule has 0 aliphatic heterocycles. The molecule has 1 amide bonds. The van der Waals surface area contributed by atoms with E-state index in [1.165, 1.54) is 6.42 Å². The number of carbonyl (C=O) groups excluding carboxylic acids is 1. The zero-order chi connectivity index (χ0) is 18.9. The van der Waals surface area contributed by atoms with Crippen LogP contribution in [0, 0.1) is 5.41 Å². The highest BCUT2D eigenvalue weighted by Gasteiger charge is 2.33. The first kappa shape index (κ1) is 18.4. The first-order chi connectivity index (χ1) is 13.1. The number of tetrazole rings is 1. The van der Waals surface area contributed by atoms with Gasteiger partial charge in [-0.05, 0) is 66.3 Å². The van der Waals surface area contributed by atoms with Crippen LogP contribution in [0.2, 0.25) is 5.02 Å². The summed E-state index contributed by atoms with van der Waals surface area (Å²) < 4.78 is 1.68. The maximum absolute atomic E-state index is 12.7. The van der Waals surface area contributed by atoms with Crippen LogP contribution in [0.4, 0.5) is 5.69 Å². The highest BCUT2D eigenvalue weighted by Crippen LogP contribution is 2.40. The van der Waals surface area contributed by atoms with Crippen LogP contribution >= 0.6 is 11.6 Å². The minimum absolute atomic E-state index is 0.00486. The van der Waals surface area contributed by atoms with Gasteiger partial charge in [0.2, 0.25) is 5.91 Å². The summed E-state index contributed by atoms with van der Waals surface area (Å²) in [5, 5.41) is 15.6. The van der Waals surface area contributed by atoms with E-state index in [1.807, 2.05) is 6.07 Å². The second-order valence-corrected chi connectivity index (χ2v) is 8.29. The van der Waals surface area contributed by atoms with Crippen LogP contribution in [-0.2, 0) is 4.79 Å². The molecule has 1 aromatic carbocycles. The van der Waals surface area contributed by atoms with Gasteiger partial charge in [0.15, 0.2) is 5.82 Å². The normalized spacial score (nSPS) is 19.0. The molecule has 2 aliphatic rings. The van der Waals surface area contributed by atoms with Crippen molar-refractivity contribution < 1.29 is 4.79 Å². The molecule has 1 aromatic heterocycles. The maximum atomic E-state index is 12.7. The lowest BCUT2D eigenvalue weighted by molar-refractivity contribution is -0.118. The number of nitrogens with one attached hydrogen (secondary N) is 1. The van der Waals surface area contributed by atoms with Crippen LogP contribution in [0.3, 0.4) is 0 Å². The van der Waals surface area contributed by atoms with Gasteiger partial charge in [-0.2, -0.15) is 4.68 Å². The van der Waals surface area contributed by atoms with E-state index >= 15 is 0 Å². The molecule has 27 heavy (non-hydrogen) atoms. The van der Waals surface area contributed by atoms with E-state index in [-0.39, 0.29) is 11.3 Å². The smallest absolute Gasteiger partial charge is 0.224 e. The molecule has 3 N–H and O–H groups in total. The van der Waals surface area contributed by atoms with Gasteiger partial charge >= 0.3 is 0 Å². The van der Waals surface area contributed by atoms with Gasteiger partial charge in [-0.25, -0.2) is 0 Å². The molecule has 0 spiro atoms. The fraction of sp³-hybridized carbons (Fsp3) is 0.579. The number of hydrogen-bond donors (Lipinski definition) is 2. The van der Waals surface area contributed by atoms with Gasteiger partial charge in [0.05, 0.1) is 10.7 Å². The number of nitrogens with zero attached hydrogens (tertiary/aromatic N) is 4. The number of benzene rings is 1. The molecule has 2 aliphatic carbocycles. The molecule has 0 saturated heterocycles. The van der Waals surface area contributed by atoms with Crippen molar-refractivity contribution in [1.82, 2.24) is 20.2 Å². The molecule has 2 fully saturated rings. The SMILES string of the molecule is NCC1(CC(=O)Nc2ccc(Cl)c(-n3nnnc3C3CC3)c2)CCCCC1. The van der Waals surface area contributed by atoms with E-state index in [0.29, 0.717) is 35.3 Å². The van der Waals surface area contributed by atoms with Gasteiger partial charge in [0, 0.05) is 18.0 Å². The first-order valence-electron chi connectivity index (χ1n) is 9.68. The first-order valence-corrected chi connectivity index (χ1v) is 10.1. The molecule has 7 nitrogen and oxygen atoms in total. The van der Waals surface area contributed by atoms with E-state index < -0.39 is 0 Å². The minimum Gasteiger partial charge on any atom is -0.330 e. The molecule has 2 saturated carbocycles. The second kappa shape index (κ2) is 7.56. The van der Waals surface area contributed by atoms with Crippen LogP contribution in [0.15, 0.2) is 18.2 Å². The van der Waals surface area contributed by atoms with E-state index in [0.717, 1.165) is 44.3 Å². The number of amides is 1. The van der Waals surface area contributed by atoms with Crippen molar-refractivity contribution in [3.05, 3.63) is 29.0 Å². The number of anilines is 1. The van der Waals surface area contributed by atoms with E-state index in [1.54, 1.807) is 16.8 Å². The third kappa shape index (κ3) is 3.99. The standard InChI is InChI=1S/C19H25ClN6O/c20-15-7-6-14(10-16(15)26-18(13-4-5-13)23-24-25-26)22-17(27)11-19(12-21)8-2-1-3-9-19/h6-7,10,13H,1-5,8-9,11-12,21H2,(H,22,27). The largest absolute Gasteiger partial charge is 0.330 e. The summed E-state index contributed by atoms with van der Waals surface area (Å²) in [6.07, 6.45) is 8.23. The quantitative estimate of drug-likeness (QED) is 0.789. The number of halogens is 1. The zero-order valence-corrected chi connectivity index (χ0v) is 16.1. The van der Waals surface area contributed by atoms with Gasteiger partial charge < -0.3 is 11.1 Å². The number of hydrogen-bond acceptors (Lipinski definition) is 5. The van der Waals surface area contributed by atoms with E-state index in [4.69, 9.17) is 17.3 Å². The van der Waals surface area contributed by atoms with E-state index in [9.17, 15) is 4.79 Å². The van der Waals surface area contributed by atoms with Crippen LogP contribution in [0.25, 0.3) is 5.69 Å². The predicted octanol–water partition coefficient (Wildman–Crippen LogP) is 3.43.